The smallest absolute Gasteiger partial charge is 0.358 e. The minimum absolute atomic E-state index is 0.122. The summed E-state index contributed by atoms with van der Waals surface area (Å²) in [4.78, 5) is 16.3. The monoisotopic (exact) mass is 301 g/mol. The van der Waals surface area contributed by atoms with E-state index in [2.05, 4.69) is 4.98 Å². The molecule has 0 aliphatic carbocycles. The van der Waals surface area contributed by atoms with Crippen molar-refractivity contribution >= 4 is 17.3 Å². The van der Waals surface area contributed by atoms with Crippen LogP contribution in [-0.4, -0.2) is 23.2 Å². The van der Waals surface area contributed by atoms with E-state index in [1.165, 1.54) is 18.4 Å². The number of hydrogen-bond donors (Lipinski definition) is 1. The molecule has 0 radical (unpaired) electrons. The van der Waals surface area contributed by atoms with Crippen LogP contribution in [0.5, 0.6) is 5.75 Å². The third kappa shape index (κ3) is 2.41. The number of aromatic carboxylic acids is 1. The van der Waals surface area contributed by atoms with Crippen LogP contribution in [0.4, 0.5) is 0 Å². The van der Waals surface area contributed by atoms with Gasteiger partial charge < -0.3 is 14.3 Å². The lowest BCUT2D eigenvalue weighted by atomic mass is 10.1. The standard InChI is InChI=1S/C15H11NO4S/c1-19-10-6-3-2-5-9(10)13-12(15(17)18)16-14(20-13)11-7-4-8-21-11/h2-8H,1H3,(H,17,18). The molecule has 0 unspecified atom stereocenters. The Morgan fingerprint density at radius 1 is 1.29 bits per heavy atom. The molecule has 5 nitrogen and oxygen atoms in total. The number of carboxylic acids is 1. The molecule has 2 aromatic heterocycles. The van der Waals surface area contributed by atoms with Gasteiger partial charge in [0.1, 0.15) is 5.75 Å². The van der Waals surface area contributed by atoms with Crippen LogP contribution in [0.25, 0.3) is 22.1 Å². The summed E-state index contributed by atoms with van der Waals surface area (Å²) in [6, 6.07) is 10.8. The fourth-order valence-electron chi connectivity index (χ4n) is 1.99. The van der Waals surface area contributed by atoms with Crippen LogP contribution in [0.1, 0.15) is 10.5 Å². The fraction of sp³-hybridized carbons (Fsp3) is 0.0667. The molecule has 0 saturated heterocycles. The maximum absolute atomic E-state index is 11.4. The minimum Gasteiger partial charge on any atom is -0.496 e. The van der Waals surface area contributed by atoms with Gasteiger partial charge in [-0.1, -0.05) is 18.2 Å². The number of oxazole rings is 1. The Labute approximate surface area is 124 Å². The summed E-state index contributed by atoms with van der Waals surface area (Å²) in [5.41, 5.74) is 0.440. The highest BCUT2D eigenvalue weighted by Crippen LogP contribution is 2.36. The topological polar surface area (TPSA) is 72.6 Å². The van der Waals surface area contributed by atoms with E-state index in [0.29, 0.717) is 17.2 Å². The molecule has 21 heavy (non-hydrogen) atoms. The van der Waals surface area contributed by atoms with Crippen molar-refractivity contribution in [2.45, 2.75) is 0 Å². The van der Waals surface area contributed by atoms with Crippen LogP contribution in [0.3, 0.4) is 0 Å². The van der Waals surface area contributed by atoms with Crippen molar-refractivity contribution in [2.75, 3.05) is 7.11 Å². The zero-order valence-corrected chi connectivity index (χ0v) is 11.9. The van der Waals surface area contributed by atoms with Crippen molar-refractivity contribution in [3.8, 4) is 27.8 Å². The van der Waals surface area contributed by atoms with E-state index >= 15 is 0 Å². The van der Waals surface area contributed by atoms with E-state index in [4.69, 9.17) is 9.15 Å². The number of ether oxygens (including phenoxy) is 1. The molecule has 0 spiro atoms. The number of hydrogen-bond acceptors (Lipinski definition) is 5. The van der Waals surface area contributed by atoms with Crippen LogP contribution in [0.15, 0.2) is 46.2 Å². The molecule has 0 aliphatic rings. The Bertz CT molecular complexity index is 777. The molecule has 1 N–H and O–H groups in total. The van der Waals surface area contributed by atoms with Gasteiger partial charge in [-0.2, -0.15) is 0 Å². The van der Waals surface area contributed by atoms with Crippen molar-refractivity contribution in [3.63, 3.8) is 0 Å². The first-order valence-corrected chi connectivity index (χ1v) is 7.00. The van der Waals surface area contributed by atoms with Gasteiger partial charge in [-0.15, -0.1) is 11.3 Å². The number of benzene rings is 1. The summed E-state index contributed by atoms with van der Waals surface area (Å²) in [5.74, 6) is -0.108. The third-order valence-electron chi connectivity index (χ3n) is 2.91. The molecule has 3 rings (SSSR count). The highest BCUT2D eigenvalue weighted by molar-refractivity contribution is 7.13. The predicted octanol–water partition coefficient (Wildman–Crippen LogP) is 3.78. The van der Waals surface area contributed by atoms with Crippen LogP contribution in [0, 0.1) is 0 Å². The molecule has 1 aromatic carbocycles. The highest BCUT2D eigenvalue weighted by atomic mass is 32.1. The summed E-state index contributed by atoms with van der Waals surface area (Å²) >= 11 is 1.43. The van der Waals surface area contributed by atoms with Gasteiger partial charge in [0.25, 0.3) is 0 Å². The molecule has 3 aromatic rings. The minimum atomic E-state index is -1.14. The fourth-order valence-corrected chi connectivity index (χ4v) is 2.63. The lowest BCUT2D eigenvalue weighted by Gasteiger charge is -2.05. The van der Waals surface area contributed by atoms with Crippen molar-refractivity contribution < 1.29 is 19.1 Å². The number of methoxy groups -OCH3 is 1. The van der Waals surface area contributed by atoms with Crippen molar-refractivity contribution in [3.05, 3.63) is 47.5 Å². The first-order valence-electron chi connectivity index (χ1n) is 6.12. The largest absolute Gasteiger partial charge is 0.496 e. The summed E-state index contributed by atoms with van der Waals surface area (Å²) in [7, 11) is 1.52. The number of rotatable bonds is 4. The van der Waals surface area contributed by atoms with Gasteiger partial charge >= 0.3 is 5.97 Å². The molecule has 0 fully saturated rings. The molecule has 0 amide bonds. The van der Waals surface area contributed by atoms with E-state index in [0.717, 1.165) is 4.88 Å². The predicted molar refractivity (Wildman–Crippen MR) is 78.8 cm³/mol. The molecule has 0 atom stereocenters. The second-order valence-electron chi connectivity index (χ2n) is 4.18. The Kier molecular flexibility index (Phi) is 3.45. The molecular weight excluding hydrogens is 290 g/mol. The second kappa shape index (κ2) is 5.41. The van der Waals surface area contributed by atoms with Gasteiger partial charge in [0.05, 0.1) is 17.6 Å². The van der Waals surface area contributed by atoms with Gasteiger partial charge in [-0.3, -0.25) is 0 Å². The summed E-state index contributed by atoms with van der Waals surface area (Å²) < 4.78 is 10.9. The normalized spacial score (nSPS) is 10.5. The van der Waals surface area contributed by atoms with Gasteiger partial charge in [-0.25, -0.2) is 9.78 Å². The van der Waals surface area contributed by atoms with E-state index in [9.17, 15) is 9.90 Å². The first kappa shape index (κ1) is 13.4. The molecule has 6 heteroatoms. The maximum Gasteiger partial charge on any atom is 0.358 e. The van der Waals surface area contributed by atoms with Crippen LogP contribution in [-0.2, 0) is 0 Å². The Balaban J connectivity index is 2.19. The van der Waals surface area contributed by atoms with Crippen LogP contribution in [0.2, 0.25) is 0 Å². The Hall–Kier alpha value is -2.60. The second-order valence-corrected chi connectivity index (χ2v) is 5.13. The van der Waals surface area contributed by atoms with Crippen LogP contribution < -0.4 is 4.74 Å². The lowest BCUT2D eigenvalue weighted by Crippen LogP contribution is -1.99. The zero-order valence-electron chi connectivity index (χ0n) is 11.1. The molecule has 106 valence electrons. The Morgan fingerprint density at radius 3 is 2.76 bits per heavy atom. The molecule has 0 bridgehead atoms. The maximum atomic E-state index is 11.4. The van der Waals surface area contributed by atoms with Crippen molar-refractivity contribution in [2.24, 2.45) is 0 Å². The number of carbonyl (C=O) groups is 1. The van der Waals surface area contributed by atoms with E-state index in [1.807, 2.05) is 17.5 Å². The average molecular weight is 301 g/mol. The number of aromatic nitrogens is 1. The first-order chi connectivity index (χ1) is 10.2. The van der Waals surface area contributed by atoms with E-state index in [-0.39, 0.29) is 11.5 Å². The zero-order chi connectivity index (χ0) is 14.8. The molecular formula is C15H11NO4S. The van der Waals surface area contributed by atoms with Gasteiger partial charge in [0.15, 0.2) is 11.5 Å². The number of nitrogens with zero attached hydrogens (tertiary/aromatic N) is 1. The van der Waals surface area contributed by atoms with Crippen molar-refractivity contribution in [1.29, 1.82) is 0 Å². The lowest BCUT2D eigenvalue weighted by molar-refractivity contribution is 0.0691. The van der Waals surface area contributed by atoms with Gasteiger partial charge in [-0.05, 0) is 23.6 Å². The van der Waals surface area contributed by atoms with Gasteiger partial charge in [0, 0.05) is 0 Å². The third-order valence-corrected chi connectivity index (χ3v) is 3.77. The van der Waals surface area contributed by atoms with Crippen LogP contribution >= 0.6 is 11.3 Å². The number of thiophene rings is 1. The highest BCUT2D eigenvalue weighted by Gasteiger charge is 2.24. The number of para-hydroxylation sites is 1. The average Bonchev–Trinajstić information content (AvgIpc) is 3.16. The SMILES string of the molecule is COc1ccccc1-c1oc(-c2cccs2)nc1C(=O)O. The van der Waals surface area contributed by atoms with Gasteiger partial charge in [0.2, 0.25) is 5.89 Å². The van der Waals surface area contributed by atoms with E-state index in [1.54, 1.807) is 24.3 Å². The Morgan fingerprint density at radius 2 is 2.10 bits per heavy atom. The number of carboxylic acid groups (broad SMARTS) is 1. The summed E-state index contributed by atoms with van der Waals surface area (Å²) in [6.07, 6.45) is 0. The molecule has 2 heterocycles. The summed E-state index contributed by atoms with van der Waals surface area (Å²) in [5, 5.41) is 11.2. The van der Waals surface area contributed by atoms with Crippen molar-refractivity contribution in [1.82, 2.24) is 4.98 Å². The molecule has 0 aliphatic heterocycles. The summed E-state index contributed by atoms with van der Waals surface area (Å²) in [6.45, 7) is 0. The molecule has 0 saturated carbocycles. The van der Waals surface area contributed by atoms with E-state index < -0.39 is 5.97 Å². The quantitative estimate of drug-likeness (QED) is 0.794.